The monoisotopic (exact) mass is 335 g/mol. The summed E-state index contributed by atoms with van der Waals surface area (Å²) in [5.41, 5.74) is 12.5. The Hall–Kier alpha value is -2.01. The van der Waals surface area contributed by atoms with Crippen molar-refractivity contribution < 1.29 is 0 Å². The third-order valence-electron chi connectivity index (χ3n) is 4.69. The minimum atomic E-state index is 0.298. The van der Waals surface area contributed by atoms with Gasteiger partial charge in [-0.1, -0.05) is 48.5 Å². The molecule has 3 nitrogen and oxygen atoms in total. The Labute approximate surface area is 146 Å². The molecular weight excluding hydrogens is 314 g/mol. The summed E-state index contributed by atoms with van der Waals surface area (Å²) in [6, 6.07) is 17.5. The predicted octanol–water partition coefficient (Wildman–Crippen LogP) is 4.13. The van der Waals surface area contributed by atoms with E-state index in [9.17, 15) is 0 Å². The number of rotatable bonds is 4. The van der Waals surface area contributed by atoms with Crippen LogP contribution in [0.1, 0.15) is 28.4 Å². The molecule has 3 aromatic rings. The molecule has 1 aliphatic heterocycles. The predicted molar refractivity (Wildman–Crippen MR) is 99.8 cm³/mol. The first-order valence-electron chi connectivity index (χ1n) is 8.28. The van der Waals surface area contributed by atoms with E-state index in [1.54, 1.807) is 11.3 Å². The van der Waals surface area contributed by atoms with Crippen molar-refractivity contribution >= 4 is 11.3 Å². The summed E-state index contributed by atoms with van der Waals surface area (Å²) >= 11 is 1.71. The molecule has 0 aliphatic carbocycles. The zero-order valence-electron chi connectivity index (χ0n) is 13.8. The van der Waals surface area contributed by atoms with Gasteiger partial charge in [-0.2, -0.15) is 0 Å². The van der Waals surface area contributed by atoms with E-state index >= 15 is 0 Å². The van der Waals surface area contributed by atoms with Crippen molar-refractivity contribution in [3.8, 4) is 10.6 Å². The summed E-state index contributed by atoms with van der Waals surface area (Å²) in [7, 11) is 0. The molecule has 0 amide bonds. The van der Waals surface area contributed by atoms with Crippen LogP contribution >= 0.6 is 11.3 Å². The fraction of sp³-hybridized carbons (Fsp3) is 0.250. The number of thiazole rings is 1. The SMILES string of the molecule is Cc1csc(-c2ccccc2CN2Cc3ccccc3C2CN)n1. The van der Waals surface area contributed by atoms with Crippen LogP contribution in [0.2, 0.25) is 0 Å². The van der Waals surface area contributed by atoms with E-state index in [2.05, 4.69) is 63.8 Å². The normalized spacial score (nSPS) is 17.2. The van der Waals surface area contributed by atoms with Crippen molar-refractivity contribution in [1.82, 2.24) is 9.88 Å². The maximum absolute atomic E-state index is 6.09. The number of aryl methyl sites for hydroxylation is 1. The van der Waals surface area contributed by atoms with Gasteiger partial charge >= 0.3 is 0 Å². The van der Waals surface area contributed by atoms with Gasteiger partial charge in [-0.05, 0) is 23.6 Å². The lowest BCUT2D eigenvalue weighted by Crippen LogP contribution is -2.27. The summed E-state index contributed by atoms with van der Waals surface area (Å²) in [5, 5.41) is 3.21. The Balaban J connectivity index is 1.65. The molecule has 0 bridgehead atoms. The molecule has 1 unspecified atom stereocenters. The molecule has 122 valence electrons. The maximum atomic E-state index is 6.09. The largest absolute Gasteiger partial charge is 0.329 e. The van der Waals surface area contributed by atoms with Crippen molar-refractivity contribution in [3.63, 3.8) is 0 Å². The third kappa shape index (κ3) is 2.77. The van der Waals surface area contributed by atoms with Gasteiger partial charge in [-0.3, -0.25) is 4.90 Å². The van der Waals surface area contributed by atoms with Crippen LogP contribution in [0.5, 0.6) is 0 Å². The van der Waals surface area contributed by atoms with E-state index in [-0.39, 0.29) is 0 Å². The van der Waals surface area contributed by atoms with Crippen molar-refractivity contribution in [2.45, 2.75) is 26.1 Å². The molecule has 2 N–H and O–H groups in total. The lowest BCUT2D eigenvalue weighted by Gasteiger charge is -2.24. The molecular formula is C20H21N3S. The molecule has 1 aromatic heterocycles. The van der Waals surface area contributed by atoms with Gasteiger partial charge in [0.25, 0.3) is 0 Å². The first-order chi connectivity index (χ1) is 11.8. The van der Waals surface area contributed by atoms with Crippen molar-refractivity contribution in [2.24, 2.45) is 5.73 Å². The molecule has 0 spiro atoms. The van der Waals surface area contributed by atoms with Crippen molar-refractivity contribution in [1.29, 1.82) is 0 Å². The average molecular weight is 335 g/mol. The Bertz CT molecular complexity index is 855. The molecule has 0 radical (unpaired) electrons. The molecule has 4 rings (SSSR count). The lowest BCUT2D eigenvalue weighted by atomic mass is 10.0. The summed E-state index contributed by atoms with van der Waals surface area (Å²) in [6.45, 7) is 4.55. The van der Waals surface area contributed by atoms with Crippen LogP contribution in [0, 0.1) is 6.92 Å². The van der Waals surface area contributed by atoms with E-state index in [4.69, 9.17) is 5.73 Å². The summed E-state index contributed by atoms with van der Waals surface area (Å²) in [5.74, 6) is 0. The Morgan fingerprint density at radius 1 is 1.17 bits per heavy atom. The first kappa shape index (κ1) is 15.5. The fourth-order valence-corrected chi connectivity index (χ4v) is 4.39. The summed E-state index contributed by atoms with van der Waals surface area (Å²) in [6.07, 6.45) is 0. The molecule has 0 fully saturated rings. The van der Waals surface area contributed by atoms with Crippen molar-refractivity contribution in [2.75, 3.05) is 6.54 Å². The average Bonchev–Trinajstić information content (AvgIpc) is 3.18. The molecule has 4 heteroatoms. The second-order valence-electron chi connectivity index (χ2n) is 6.31. The van der Waals surface area contributed by atoms with Crippen LogP contribution in [-0.2, 0) is 13.1 Å². The van der Waals surface area contributed by atoms with Crippen LogP contribution in [0.4, 0.5) is 0 Å². The smallest absolute Gasteiger partial charge is 0.123 e. The van der Waals surface area contributed by atoms with Gasteiger partial charge in [0.2, 0.25) is 0 Å². The van der Waals surface area contributed by atoms with E-state index in [0.717, 1.165) is 23.8 Å². The van der Waals surface area contributed by atoms with Crippen LogP contribution in [0.25, 0.3) is 10.6 Å². The number of hydrogen-bond acceptors (Lipinski definition) is 4. The van der Waals surface area contributed by atoms with Crippen LogP contribution in [0.15, 0.2) is 53.9 Å². The number of benzene rings is 2. The number of fused-ring (bicyclic) bond motifs is 1. The minimum absolute atomic E-state index is 0.298. The highest BCUT2D eigenvalue weighted by atomic mass is 32.1. The molecule has 0 saturated heterocycles. The van der Waals surface area contributed by atoms with Gasteiger partial charge in [0.05, 0.1) is 0 Å². The van der Waals surface area contributed by atoms with E-state index < -0.39 is 0 Å². The lowest BCUT2D eigenvalue weighted by molar-refractivity contribution is 0.211. The van der Waals surface area contributed by atoms with Crippen LogP contribution in [0.3, 0.4) is 0 Å². The van der Waals surface area contributed by atoms with Crippen LogP contribution < -0.4 is 5.73 Å². The Kier molecular flexibility index (Phi) is 4.19. The molecule has 0 saturated carbocycles. The first-order valence-corrected chi connectivity index (χ1v) is 9.16. The van der Waals surface area contributed by atoms with Gasteiger partial charge in [0, 0.05) is 42.3 Å². The maximum Gasteiger partial charge on any atom is 0.123 e. The molecule has 1 atom stereocenters. The van der Waals surface area contributed by atoms with Gasteiger partial charge in [-0.25, -0.2) is 4.98 Å². The van der Waals surface area contributed by atoms with E-state index in [1.165, 1.54) is 22.3 Å². The summed E-state index contributed by atoms with van der Waals surface area (Å²) < 4.78 is 0. The molecule has 1 aliphatic rings. The highest BCUT2D eigenvalue weighted by Gasteiger charge is 2.29. The Morgan fingerprint density at radius 2 is 1.96 bits per heavy atom. The van der Waals surface area contributed by atoms with Gasteiger partial charge < -0.3 is 5.73 Å². The standard InChI is InChI=1S/C20H21N3S/c1-14-13-24-20(22-14)18-9-5-3-7-16(18)12-23-11-15-6-2-4-8-17(15)19(23)10-21/h2-9,13,19H,10-12,21H2,1H3. The molecule has 2 heterocycles. The van der Waals surface area contributed by atoms with Crippen LogP contribution in [-0.4, -0.2) is 16.4 Å². The number of nitrogens with zero attached hydrogens (tertiary/aromatic N) is 2. The van der Waals surface area contributed by atoms with E-state index in [1.807, 2.05) is 6.92 Å². The third-order valence-corrected chi connectivity index (χ3v) is 5.69. The number of nitrogens with two attached hydrogens (primary N) is 1. The summed E-state index contributed by atoms with van der Waals surface area (Å²) in [4.78, 5) is 7.15. The van der Waals surface area contributed by atoms with E-state index in [0.29, 0.717) is 12.6 Å². The van der Waals surface area contributed by atoms with Crippen molar-refractivity contribution in [3.05, 3.63) is 76.3 Å². The van der Waals surface area contributed by atoms with Gasteiger partial charge in [0.1, 0.15) is 5.01 Å². The molecule has 24 heavy (non-hydrogen) atoms. The fourth-order valence-electron chi connectivity index (χ4n) is 3.53. The number of hydrogen-bond donors (Lipinski definition) is 1. The number of aromatic nitrogens is 1. The zero-order valence-corrected chi connectivity index (χ0v) is 14.6. The highest BCUT2D eigenvalue weighted by molar-refractivity contribution is 7.13. The quantitative estimate of drug-likeness (QED) is 0.779. The second kappa shape index (κ2) is 6.48. The topological polar surface area (TPSA) is 42.1 Å². The minimum Gasteiger partial charge on any atom is -0.329 e. The van der Waals surface area contributed by atoms with Gasteiger partial charge in [0.15, 0.2) is 0 Å². The molecule has 2 aromatic carbocycles. The Morgan fingerprint density at radius 3 is 2.75 bits per heavy atom. The highest BCUT2D eigenvalue weighted by Crippen LogP contribution is 2.36. The zero-order chi connectivity index (χ0) is 16.5. The van der Waals surface area contributed by atoms with Gasteiger partial charge in [-0.15, -0.1) is 11.3 Å². The second-order valence-corrected chi connectivity index (χ2v) is 7.16.